The van der Waals surface area contributed by atoms with Gasteiger partial charge in [0.05, 0.1) is 25.2 Å². The number of aliphatic carboxylic acids is 1. The van der Waals surface area contributed by atoms with E-state index in [2.05, 4.69) is 20.9 Å². The van der Waals surface area contributed by atoms with Crippen LogP contribution in [0.2, 0.25) is 0 Å². The van der Waals surface area contributed by atoms with Gasteiger partial charge in [-0.25, -0.2) is 0 Å². The van der Waals surface area contributed by atoms with Crippen molar-refractivity contribution in [1.29, 1.82) is 0 Å². The first-order valence-electron chi connectivity index (χ1n) is 16.6. The number of carboxylic acids is 1. The van der Waals surface area contributed by atoms with E-state index in [0.717, 1.165) is 0 Å². The number of carbonyl (C=O) groups is 9. The number of carboxylic acid groups (broad SMARTS) is 1. The molecule has 0 spiro atoms. The fourth-order valence-corrected chi connectivity index (χ4v) is 4.68. The Bertz CT molecular complexity index is 1290. The standard InChI is InChI=1S/C30H51N9O11.ClH.Na/c31-19(6-10-26(46)47)22(42)16-18(5-8-24(44)36-12-14-41)29(50)39-20(23(43)15-17(27(32)48)3-2-13-40)7-9-25(45)38-21(28(33)49)4-1-11-37-30(34)35;;/h13,17-21,41H,1-12,14-16,31H2,(H2,32,48)(H2,33,49)(H,36,44)(H,38,45)(H,39,50)(H,46,47)(H4,34,35,37);1H;/q;;+1/p-1/i13T;;. The van der Waals surface area contributed by atoms with Crippen molar-refractivity contribution in [3.63, 3.8) is 0 Å². The van der Waals surface area contributed by atoms with Crippen molar-refractivity contribution < 1.29 is 102 Å². The number of Topliss-reactive ketones (excluding diaryl/α,β-unsaturated/α-hetero) is 2. The van der Waals surface area contributed by atoms with Crippen molar-refractivity contribution in [3.05, 3.63) is 0 Å². The van der Waals surface area contributed by atoms with Crippen molar-refractivity contribution in [1.82, 2.24) is 16.0 Å². The van der Waals surface area contributed by atoms with Gasteiger partial charge in [-0.15, -0.1) is 0 Å². The number of hydrogen-bond acceptors (Lipinski definition) is 12. The molecule has 290 valence electrons. The number of rotatable bonds is 29. The maximum Gasteiger partial charge on any atom is 1.00 e. The number of nitrogens with two attached hydrogens (primary N) is 5. The molecule has 0 aliphatic rings. The van der Waals surface area contributed by atoms with Crippen LogP contribution in [0.3, 0.4) is 0 Å². The molecule has 0 aliphatic carbocycles. The number of aliphatic hydroxyl groups excluding tert-OH is 1. The second-order valence-electron chi connectivity index (χ2n) is 11.6. The largest absolute Gasteiger partial charge is 1.00 e. The quantitative estimate of drug-likeness (QED) is 0.0111. The number of carbonyl (C=O) groups excluding carboxylic acids is 9. The molecule has 0 saturated heterocycles. The van der Waals surface area contributed by atoms with Crippen LogP contribution in [0.15, 0.2) is 0 Å². The Morgan fingerprint density at radius 3 is 1.94 bits per heavy atom. The maximum absolute atomic E-state index is 13.6. The van der Waals surface area contributed by atoms with Crippen LogP contribution in [0.25, 0.3) is 0 Å². The Hall–Kier alpha value is -3.69. The van der Waals surface area contributed by atoms with Crippen LogP contribution in [0, 0.1) is 11.8 Å². The molecule has 5 unspecified atom stereocenters. The van der Waals surface area contributed by atoms with E-state index in [-0.39, 0.29) is 113 Å². The molecule has 20 nitrogen and oxygen atoms in total. The van der Waals surface area contributed by atoms with E-state index in [1.54, 1.807) is 0 Å². The second-order valence-corrected chi connectivity index (χ2v) is 11.6. The van der Waals surface area contributed by atoms with Crippen LogP contribution in [0.1, 0.15) is 78.4 Å². The average molecular weight is 774 g/mol. The van der Waals surface area contributed by atoms with Crippen LogP contribution >= 0.6 is 0 Å². The van der Waals surface area contributed by atoms with Gasteiger partial charge in [-0.05, 0) is 44.9 Å². The fourth-order valence-electron chi connectivity index (χ4n) is 4.68. The average Bonchev–Trinajstić information content (AvgIpc) is 3.04. The number of hydrogen-bond donors (Lipinski definition) is 10. The third-order valence-corrected chi connectivity index (χ3v) is 7.53. The molecule has 0 aromatic heterocycles. The molecule has 0 rings (SSSR count). The van der Waals surface area contributed by atoms with Gasteiger partial charge < -0.3 is 65.4 Å². The van der Waals surface area contributed by atoms with Crippen LogP contribution in [0.5, 0.6) is 0 Å². The molecule has 22 heteroatoms. The summed E-state index contributed by atoms with van der Waals surface area (Å²) in [6, 6.07) is -3.89. The van der Waals surface area contributed by atoms with Gasteiger partial charge in [-0.1, -0.05) is 0 Å². The summed E-state index contributed by atoms with van der Waals surface area (Å²) in [4.78, 5) is 114. The van der Waals surface area contributed by atoms with Gasteiger partial charge in [0, 0.05) is 56.5 Å². The summed E-state index contributed by atoms with van der Waals surface area (Å²) in [6.07, 6.45) is -4.56. The van der Waals surface area contributed by atoms with Gasteiger partial charge in [-0.3, -0.25) is 50.0 Å². The normalized spacial score (nSPS) is 13.5. The molecule has 5 amide bonds. The van der Waals surface area contributed by atoms with Crippen molar-refractivity contribution in [2.75, 3.05) is 19.7 Å². The number of halogens is 1. The van der Waals surface area contributed by atoms with E-state index in [1.807, 2.05) is 0 Å². The van der Waals surface area contributed by atoms with E-state index in [1.165, 1.54) is 0 Å². The van der Waals surface area contributed by atoms with Gasteiger partial charge in [0.1, 0.15) is 19.5 Å². The van der Waals surface area contributed by atoms with Crippen molar-refractivity contribution in [3.8, 4) is 0 Å². The minimum absolute atomic E-state index is 0. The number of ketones is 2. The molecule has 5 atom stereocenters. The van der Waals surface area contributed by atoms with Crippen LogP contribution in [-0.4, -0.2) is 102 Å². The number of amides is 5. The van der Waals surface area contributed by atoms with E-state index < -0.39 is 109 Å². The van der Waals surface area contributed by atoms with Crippen molar-refractivity contribution >= 4 is 59.3 Å². The van der Waals surface area contributed by atoms with E-state index >= 15 is 0 Å². The topological polar surface area (TPSA) is 377 Å². The Balaban J connectivity index is -0.0000125. The summed E-state index contributed by atoms with van der Waals surface area (Å²) in [7, 11) is 0. The number of primary amides is 2. The molecule has 0 radical (unpaired) electrons. The smallest absolute Gasteiger partial charge is 1.00 e. The van der Waals surface area contributed by atoms with Gasteiger partial charge in [0.25, 0.3) is 0 Å². The van der Waals surface area contributed by atoms with Gasteiger partial charge in [0.15, 0.2) is 5.78 Å². The zero-order valence-corrected chi connectivity index (χ0v) is 32.0. The predicted octanol–water partition coefficient (Wildman–Crippen LogP) is -13.3. The van der Waals surface area contributed by atoms with Crippen LogP contribution in [-0.2, 0) is 43.2 Å². The number of aliphatic hydroxyl groups is 1. The molecule has 15 N–H and O–H groups in total. The number of guanidine groups is 1. The third kappa shape index (κ3) is 24.5. The van der Waals surface area contributed by atoms with Crippen LogP contribution in [0.4, 0.5) is 0 Å². The maximum atomic E-state index is 13.6. The Morgan fingerprint density at radius 2 is 1.40 bits per heavy atom. The van der Waals surface area contributed by atoms with Crippen molar-refractivity contribution in [2.24, 2.45) is 40.5 Å². The second kappa shape index (κ2) is 29.8. The summed E-state index contributed by atoms with van der Waals surface area (Å²) in [5.74, 6) is -9.53. The first-order valence-corrected chi connectivity index (χ1v) is 16.1. The molecule has 0 heterocycles. The minimum atomic E-state index is -1.48. The molecule has 0 saturated carbocycles. The van der Waals surface area contributed by atoms with Gasteiger partial charge in [-0.2, -0.15) is 0 Å². The molecule has 0 aliphatic heterocycles. The zero-order chi connectivity index (χ0) is 39.1. The first kappa shape index (κ1) is 50.4. The first-order chi connectivity index (χ1) is 23.9. The minimum Gasteiger partial charge on any atom is -1.00 e. The predicted molar refractivity (Wildman–Crippen MR) is 173 cm³/mol. The molecule has 52 heavy (non-hydrogen) atoms. The zero-order valence-electron chi connectivity index (χ0n) is 30.3. The summed E-state index contributed by atoms with van der Waals surface area (Å²) in [6.45, 7) is -0.172. The van der Waals surface area contributed by atoms with Gasteiger partial charge in [0.2, 0.25) is 29.5 Å². The summed E-state index contributed by atoms with van der Waals surface area (Å²) in [5, 5.41) is 27.1. The third-order valence-electron chi connectivity index (χ3n) is 7.53. The van der Waals surface area contributed by atoms with E-state index in [0.29, 0.717) is 6.42 Å². The monoisotopic (exact) mass is 773 g/mol. The van der Waals surface area contributed by atoms with E-state index in [4.69, 9.17) is 35.1 Å². The molecule has 0 aromatic rings. The Morgan fingerprint density at radius 1 is 0.788 bits per heavy atom. The van der Waals surface area contributed by atoms with Gasteiger partial charge >= 0.3 is 35.5 Å². The van der Waals surface area contributed by atoms with E-state index in [9.17, 15) is 48.3 Å². The summed E-state index contributed by atoms with van der Waals surface area (Å²) < 4.78 is 7.09. The molecule has 0 bridgehead atoms. The summed E-state index contributed by atoms with van der Waals surface area (Å²) >= 11 is 0. The SMILES string of the molecule is [3H]C(=O)CCC(CC(=O)C(CCC(=O)NC(CCC[NH+]=C(N)N)C(N)=O)NC(=O)C(CCC(=O)NCCO)CC(=O)C(N)CCC(=O)[O-])C(N)=O.[Cl-].[Na+]. The Kier molecular flexibility index (Phi) is 28.9. The molecular weight excluding hydrogens is 721 g/mol. The van der Waals surface area contributed by atoms with Crippen molar-refractivity contribution in [2.45, 2.75) is 95.2 Å². The molecule has 0 aromatic carbocycles. The molecular formula is C30H51ClN9NaO11. The fraction of sp³-hybridized carbons (Fsp3) is 0.667. The number of nitrogens with one attached hydrogen (secondary N) is 4. The summed E-state index contributed by atoms with van der Waals surface area (Å²) in [5.41, 5.74) is 27.3. The number of aldehydes is 1. The molecule has 0 fully saturated rings. The van der Waals surface area contributed by atoms with Crippen LogP contribution < -0.4 is 96.7 Å². The Labute approximate surface area is 331 Å².